The molecule has 0 radical (unpaired) electrons. The number of aliphatic carboxylic acids is 1. The predicted octanol–water partition coefficient (Wildman–Crippen LogP) is 4.58. The van der Waals surface area contributed by atoms with E-state index in [1.54, 1.807) is 12.3 Å². The van der Waals surface area contributed by atoms with E-state index in [1.807, 2.05) is 31.2 Å². The molecule has 3 rings (SSSR count). The number of nitrogens with zero attached hydrogens (tertiary/aromatic N) is 2. The lowest BCUT2D eigenvalue weighted by Crippen LogP contribution is -2.39. The lowest BCUT2D eigenvalue weighted by molar-refractivity contribution is -0.143. The second-order valence-corrected chi connectivity index (χ2v) is 7.24. The number of pyridine rings is 1. The van der Waals surface area contributed by atoms with Gasteiger partial charge in [0.2, 0.25) is 0 Å². The maximum atomic E-state index is 11.2. The van der Waals surface area contributed by atoms with Crippen LogP contribution in [0.2, 0.25) is 10.0 Å². The zero-order valence-electron chi connectivity index (χ0n) is 14.0. The average molecular weight is 379 g/mol. The molecule has 0 spiro atoms. The summed E-state index contributed by atoms with van der Waals surface area (Å²) in [7, 11) is 0. The molecule has 132 valence electrons. The minimum Gasteiger partial charge on any atom is -0.481 e. The number of piperidine rings is 1. The van der Waals surface area contributed by atoms with Crippen LogP contribution < -0.4 is 0 Å². The summed E-state index contributed by atoms with van der Waals surface area (Å²) < 4.78 is 0. The van der Waals surface area contributed by atoms with Gasteiger partial charge in [0.05, 0.1) is 27.7 Å². The summed E-state index contributed by atoms with van der Waals surface area (Å²) in [5.74, 6) is -0.977. The van der Waals surface area contributed by atoms with Gasteiger partial charge in [-0.2, -0.15) is 0 Å². The number of carboxylic acids is 1. The van der Waals surface area contributed by atoms with E-state index in [9.17, 15) is 9.90 Å². The number of halogens is 2. The predicted molar refractivity (Wildman–Crippen MR) is 99.2 cm³/mol. The summed E-state index contributed by atoms with van der Waals surface area (Å²) in [6.07, 6.45) is 3.06. The number of carboxylic acid groups (broad SMARTS) is 1. The van der Waals surface area contributed by atoms with Crippen LogP contribution in [0.4, 0.5) is 0 Å². The fourth-order valence-electron chi connectivity index (χ4n) is 3.41. The van der Waals surface area contributed by atoms with Gasteiger partial charge in [0.25, 0.3) is 0 Å². The van der Waals surface area contributed by atoms with E-state index in [0.29, 0.717) is 36.0 Å². The molecule has 2 aromatic rings. The van der Waals surface area contributed by atoms with Crippen molar-refractivity contribution in [3.05, 3.63) is 63.4 Å². The van der Waals surface area contributed by atoms with Crippen molar-refractivity contribution < 1.29 is 9.90 Å². The number of aromatic nitrogens is 1. The van der Waals surface area contributed by atoms with E-state index >= 15 is 0 Å². The summed E-state index contributed by atoms with van der Waals surface area (Å²) in [6, 6.07) is 9.54. The fraction of sp³-hybridized carbons (Fsp3) is 0.368. The molecule has 0 amide bonds. The molecule has 4 nitrogen and oxygen atoms in total. The third-order valence-electron chi connectivity index (χ3n) is 4.81. The first kappa shape index (κ1) is 18.2. The van der Waals surface area contributed by atoms with Crippen LogP contribution in [-0.2, 0) is 4.79 Å². The third kappa shape index (κ3) is 3.97. The molecule has 1 saturated heterocycles. The smallest absolute Gasteiger partial charge is 0.306 e. The van der Waals surface area contributed by atoms with E-state index in [4.69, 9.17) is 23.2 Å². The Bertz CT molecular complexity index is 774. The maximum absolute atomic E-state index is 11.2. The van der Waals surface area contributed by atoms with Crippen molar-refractivity contribution in [2.45, 2.75) is 25.8 Å². The van der Waals surface area contributed by atoms with Gasteiger partial charge in [-0.3, -0.25) is 14.7 Å². The Kier molecular flexibility index (Phi) is 5.62. The van der Waals surface area contributed by atoms with Crippen LogP contribution in [0.1, 0.15) is 35.7 Å². The van der Waals surface area contributed by atoms with Crippen molar-refractivity contribution in [1.29, 1.82) is 0 Å². The van der Waals surface area contributed by atoms with Crippen molar-refractivity contribution >= 4 is 29.2 Å². The van der Waals surface area contributed by atoms with Gasteiger partial charge in [-0.1, -0.05) is 35.3 Å². The first-order chi connectivity index (χ1) is 12.0. The number of likely N-dealkylation sites (tertiary alicyclic amines) is 1. The minimum absolute atomic E-state index is 0.0642. The number of rotatable bonds is 4. The monoisotopic (exact) mass is 378 g/mol. The molecule has 6 heteroatoms. The Labute approximate surface area is 157 Å². The van der Waals surface area contributed by atoms with Gasteiger partial charge in [0, 0.05) is 6.20 Å². The Morgan fingerprint density at radius 1 is 1.24 bits per heavy atom. The molecule has 0 aliphatic carbocycles. The maximum Gasteiger partial charge on any atom is 0.306 e. The summed E-state index contributed by atoms with van der Waals surface area (Å²) in [6.45, 7) is 3.45. The van der Waals surface area contributed by atoms with Crippen molar-refractivity contribution in [3.8, 4) is 0 Å². The van der Waals surface area contributed by atoms with Gasteiger partial charge in [0.15, 0.2) is 0 Å². The summed E-state index contributed by atoms with van der Waals surface area (Å²) in [5.41, 5.74) is 3.08. The van der Waals surface area contributed by atoms with Crippen LogP contribution in [0, 0.1) is 12.8 Å². The second kappa shape index (κ2) is 7.73. The van der Waals surface area contributed by atoms with E-state index in [2.05, 4.69) is 9.88 Å². The molecule has 0 bridgehead atoms. The second-order valence-electron chi connectivity index (χ2n) is 6.43. The molecule has 1 atom stereocenters. The molecular weight excluding hydrogens is 359 g/mol. The Hall–Kier alpha value is -1.62. The van der Waals surface area contributed by atoms with Gasteiger partial charge in [-0.05, 0) is 62.2 Å². The van der Waals surface area contributed by atoms with Gasteiger partial charge >= 0.3 is 5.97 Å². The zero-order chi connectivity index (χ0) is 18.0. The Morgan fingerprint density at radius 3 is 2.56 bits per heavy atom. The molecule has 25 heavy (non-hydrogen) atoms. The fourth-order valence-corrected chi connectivity index (χ4v) is 3.72. The third-order valence-corrected chi connectivity index (χ3v) is 5.55. The molecule has 1 aliphatic heterocycles. The molecular formula is C19H20Cl2N2O2. The van der Waals surface area contributed by atoms with Crippen molar-refractivity contribution in [2.75, 3.05) is 13.1 Å². The average Bonchev–Trinajstić information content (AvgIpc) is 2.60. The SMILES string of the molecule is Cc1cccnc1C(c1ccc(Cl)c(Cl)c1)N1CCC(C(=O)O)CC1. The highest BCUT2D eigenvalue weighted by atomic mass is 35.5. The lowest BCUT2D eigenvalue weighted by atomic mass is 9.92. The number of benzene rings is 1. The highest BCUT2D eigenvalue weighted by Crippen LogP contribution is 2.35. The lowest BCUT2D eigenvalue weighted by Gasteiger charge is -2.37. The van der Waals surface area contributed by atoms with Gasteiger partial charge in [0.1, 0.15) is 0 Å². The van der Waals surface area contributed by atoms with Crippen molar-refractivity contribution in [3.63, 3.8) is 0 Å². The van der Waals surface area contributed by atoms with E-state index in [1.165, 1.54) is 0 Å². The highest BCUT2D eigenvalue weighted by Gasteiger charge is 2.31. The van der Waals surface area contributed by atoms with Crippen LogP contribution in [0.5, 0.6) is 0 Å². The van der Waals surface area contributed by atoms with E-state index in [0.717, 1.165) is 16.8 Å². The first-order valence-corrected chi connectivity index (χ1v) is 9.06. The molecule has 1 unspecified atom stereocenters. The van der Waals surface area contributed by atoms with Crippen LogP contribution in [-0.4, -0.2) is 34.0 Å². The molecule has 1 N–H and O–H groups in total. The molecule has 1 aromatic heterocycles. The van der Waals surface area contributed by atoms with Crippen LogP contribution in [0.25, 0.3) is 0 Å². The number of carbonyl (C=O) groups is 1. The minimum atomic E-state index is -0.709. The number of aryl methyl sites for hydroxylation is 1. The highest BCUT2D eigenvalue weighted by molar-refractivity contribution is 6.42. The van der Waals surface area contributed by atoms with Gasteiger partial charge in [-0.15, -0.1) is 0 Å². The quantitative estimate of drug-likeness (QED) is 0.845. The molecule has 1 fully saturated rings. The normalized spacial score (nSPS) is 17.4. The van der Waals surface area contributed by atoms with Crippen LogP contribution in [0.15, 0.2) is 36.5 Å². The molecule has 2 heterocycles. The summed E-state index contributed by atoms with van der Waals surface area (Å²) in [5, 5.41) is 10.3. The molecule has 0 saturated carbocycles. The van der Waals surface area contributed by atoms with E-state index < -0.39 is 5.97 Å². The number of hydrogen-bond acceptors (Lipinski definition) is 3. The Morgan fingerprint density at radius 2 is 1.96 bits per heavy atom. The summed E-state index contributed by atoms with van der Waals surface area (Å²) in [4.78, 5) is 18.1. The number of hydrogen-bond donors (Lipinski definition) is 1. The van der Waals surface area contributed by atoms with Crippen LogP contribution in [0.3, 0.4) is 0 Å². The molecule has 1 aliphatic rings. The Balaban J connectivity index is 1.97. The van der Waals surface area contributed by atoms with Gasteiger partial charge < -0.3 is 5.11 Å². The largest absolute Gasteiger partial charge is 0.481 e. The standard InChI is InChI=1S/C19H20Cl2N2O2/c1-12-3-2-8-22-17(12)18(14-4-5-15(20)16(21)11-14)23-9-6-13(7-10-23)19(24)25/h2-5,8,11,13,18H,6-7,9-10H2,1H3,(H,24,25). The van der Waals surface area contributed by atoms with Crippen molar-refractivity contribution in [1.82, 2.24) is 9.88 Å². The zero-order valence-corrected chi connectivity index (χ0v) is 15.5. The first-order valence-electron chi connectivity index (χ1n) is 8.30. The topological polar surface area (TPSA) is 53.4 Å². The summed E-state index contributed by atoms with van der Waals surface area (Å²) >= 11 is 12.3. The van der Waals surface area contributed by atoms with Crippen molar-refractivity contribution in [2.24, 2.45) is 5.92 Å². The van der Waals surface area contributed by atoms with E-state index in [-0.39, 0.29) is 12.0 Å². The molecule has 1 aromatic carbocycles. The van der Waals surface area contributed by atoms with Gasteiger partial charge in [-0.25, -0.2) is 0 Å². The van der Waals surface area contributed by atoms with Crippen LogP contribution >= 0.6 is 23.2 Å².